The Bertz CT molecular complexity index is 1000. The second kappa shape index (κ2) is 8.52. The normalized spacial score (nSPS) is 17.4. The first kappa shape index (κ1) is 19.3. The maximum absolute atomic E-state index is 13.2. The number of ether oxygens (including phenoxy) is 1. The Morgan fingerprint density at radius 3 is 3.07 bits per heavy atom. The number of amides is 1. The number of nitrogens with one attached hydrogen (secondary N) is 2. The van der Waals surface area contributed by atoms with Gasteiger partial charge in [-0.05, 0) is 32.0 Å². The molecule has 1 aliphatic heterocycles. The topological polar surface area (TPSA) is 94.0 Å². The summed E-state index contributed by atoms with van der Waals surface area (Å²) >= 11 is 0. The maximum Gasteiger partial charge on any atom is 0.260 e. The van der Waals surface area contributed by atoms with Gasteiger partial charge in [0.05, 0.1) is 12.2 Å². The third kappa shape index (κ3) is 4.34. The molecule has 4 rings (SSSR count). The van der Waals surface area contributed by atoms with Crippen molar-refractivity contribution in [2.45, 2.75) is 31.9 Å². The molecule has 152 valence electrons. The van der Waals surface area contributed by atoms with Gasteiger partial charge in [-0.25, -0.2) is 19.0 Å². The van der Waals surface area contributed by atoms with Gasteiger partial charge >= 0.3 is 0 Å². The molecule has 3 heterocycles. The summed E-state index contributed by atoms with van der Waals surface area (Å²) in [7, 11) is 0. The number of hydrogen-bond acceptors (Lipinski definition) is 6. The second-order valence-corrected chi connectivity index (χ2v) is 7.04. The zero-order valence-electron chi connectivity index (χ0n) is 16.1. The average Bonchev–Trinajstić information content (AvgIpc) is 3.36. The van der Waals surface area contributed by atoms with Crippen molar-refractivity contribution in [3.63, 3.8) is 0 Å². The lowest BCUT2D eigenvalue weighted by Gasteiger charge is -2.14. The number of rotatable bonds is 7. The van der Waals surface area contributed by atoms with Crippen LogP contribution in [0.1, 0.15) is 25.0 Å². The molecule has 0 radical (unpaired) electrons. The van der Waals surface area contributed by atoms with Crippen molar-refractivity contribution in [3.8, 4) is 5.75 Å². The summed E-state index contributed by atoms with van der Waals surface area (Å²) in [5, 5.41) is 10.9. The van der Waals surface area contributed by atoms with E-state index in [9.17, 15) is 9.18 Å². The Morgan fingerprint density at radius 1 is 1.41 bits per heavy atom. The van der Waals surface area contributed by atoms with Crippen molar-refractivity contribution < 1.29 is 13.9 Å². The third-order valence-corrected chi connectivity index (χ3v) is 4.94. The highest BCUT2D eigenvalue weighted by Crippen LogP contribution is 2.26. The SMILES string of the molecule is C[C@@H](Oc1cccc(F)c1)C(=O)NCCn1nc([C@@H]2CCNC2)c2nccnc21. The molecule has 1 aromatic carbocycles. The zero-order chi connectivity index (χ0) is 20.2. The molecule has 8 nitrogen and oxygen atoms in total. The highest BCUT2D eigenvalue weighted by Gasteiger charge is 2.24. The molecule has 1 saturated heterocycles. The van der Waals surface area contributed by atoms with Gasteiger partial charge in [-0.1, -0.05) is 6.07 Å². The van der Waals surface area contributed by atoms with Crippen LogP contribution in [0.15, 0.2) is 36.7 Å². The van der Waals surface area contributed by atoms with E-state index >= 15 is 0 Å². The predicted molar refractivity (Wildman–Crippen MR) is 105 cm³/mol. The molecule has 1 amide bonds. The van der Waals surface area contributed by atoms with Crippen LogP contribution in [0.25, 0.3) is 11.2 Å². The number of benzene rings is 1. The number of carbonyl (C=O) groups excluding carboxylic acids is 1. The van der Waals surface area contributed by atoms with Gasteiger partial charge < -0.3 is 15.4 Å². The van der Waals surface area contributed by atoms with Crippen LogP contribution in [0, 0.1) is 5.82 Å². The highest BCUT2D eigenvalue weighted by molar-refractivity contribution is 5.80. The van der Waals surface area contributed by atoms with E-state index in [-0.39, 0.29) is 5.91 Å². The first-order valence-electron chi connectivity index (χ1n) is 9.70. The van der Waals surface area contributed by atoms with Crippen LogP contribution in [0.3, 0.4) is 0 Å². The fourth-order valence-corrected chi connectivity index (χ4v) is 3.47. The van der Waals surface area contributed by atoms with E-state index in [1.54, 1.807) is 30.1 Å². The van der Waals surface area contributed by atoms with Crippen LogP contribution in [-0.4, -0.2) is 51.4 Å². The lowest BCUT2D eigenvalue weighted by molar-refractivity contribution is -0.127. The lowest BCUT2D eigenvalue weighted by Crippen LogP contribution is -2.38. The minimum Gasteiger partial charge on any atom is -0.481 e. The number of halogens is 1. The van der Waals surface area contributed by atoms with E-state index in [0.29, 0.717) is 30.4 Å². The monoisotopic (exact) mass is 398 g/mol. The summed E-state index contributed by atoms with van der Waals surface area (Å²) < 4.78 is 20.5. The van der Waals surface area contributed by atoms with Crippen LogP contribution in [-0.2, 0) is 11.3 Å². The van der Waals surface area contributed by atoms with Crippen LogP contribution in [0.4, 0.5) is 4.39 Å². The fraction of sp³-hybridized carbons (Fsp3) is 0.400. The van der Waals surface area contributed by atoms with Crippen LogP contribution in [0.2, 0.25) is 0 Å². The molecule has 9 heteroatoms. The summed E-state index contributed by atoms with van der Waals surface area (Å²) in [6, 6.07) is 5.72. The lowest BCUT2D eigenvalue weighted by atomic mass is 10.0. The molecule has 0 bridgehead atoms. The van der Waals surface area contributed by atoms with Gasteiger partial charge in [-0.3, -0.25) is 4.79 Å². The molecule has 2 N–H and O–H groups in total. The second-order valence-electron chi connectivity index (χ2n) is 7.04. The molecule has 2 aromatic heterocycles. The quantitative estimate of drug-likeness (QED) is 0.628. The molecular weight excluding hydrogens is 375 g/mol. The first-order chi connectivity index (χ1) is 14.1. The van der Waals surface area contributed by atoms with Gasteiger partial charge in [0.2, 0.25) is 0 Å². The van der Waals surface area contributed by atoms with E-state index in [4.69, 9.17) is 9.84 Å². The number of aromatic nitrogens is 4. The van der Waals surface area contributed by atoms with Crippen molar-refractivity contribution in [2.24, 2.45) is 0 Å². The van der Waals surface area contributed by atoms with Gasteiger partial charge in [-0.2, -0.15) is 5.10 Å². The number of fused-ring (bicyclic) bond motifs is 1. The Hall–Kier alpha value is -3.07. The van der Waals surface area contributed by atoms with Crippen LogP contribution >= 0.6 is 0 Å². The first-order valence-corrected chi connectivity index (χ1v) is 9.70. The Labute approximate surface area is 167 Å². The summed E-state index contributed by atoms with van der Waals surface area (Å²) in [5.41, 5.74) is 2.48. The largest absolute Gasteiger partial charge is 0.481 e. The van der Waals surface area contributed by atoms with Crippen molar-refractivity contribution in [1.29, 1.82) is 0 Å². The number of carbonyl (C=O) groups is 1. The van der Waals surface area contributed by atoms with Gasteiger partial charge in [0, 0.05) is 37.5 Å². The Kier molecular flexibility index (Phi) is 5.66. The van der Waals surface area contributed by atoms with Crippen molar-refractivity contribution in [1.82, 2.24) is 30.4 Å². The van der Waals surface area contributed by atoms with E-state index in [2.05, 4.69) is 20.6 Å². The maximum atomic E-state index is 13.2. The van der Waals surface area contributed by atoms with E-state index in [1.807, 2.05) is 0 Å². The predicted octanol–water partition coefficient (Wildman–Crippen LogP) is 1.63. The molecule has 1 fully saturated rings. The Balaban J connectivity index is 1.37. The fourth-order valence-electron chi connectivity index (χ4n) is 3.47. The van der Waals surface area contributed by atoms with Gasteiger partial charge in [0.25, 0.3) is 5.91 Å². The zero-order valence-corrected chi connectivity index (χ0v) is 16.1. The van der Waals surface area contributed by atoms with E-state index < -0.39 is 11.9 Å². The molecule has 0 spiro atoms. The standard InChI is InChI=1S/C20H23FN6O2/c1-13(29-16-4-2-3-15(21)11-16)20(28)25-9-10-27-19-18(23-7-8-24-19)17(26-27)14-5-6-22-12-14/h2-4,7-8,11,13-14,22H,5-6,9-10,12H2,1H3,(H,25,28)/t13-,14-/m1/s1. The van der Waals surface area contributed by atoms with Crippen molar-refractivity contribution >= 4 is 17.1 Å². The van der Waals surface area contributed by atoms with E-state index in [0.717, 1.165) is 30.7 Å². The number of nitrogens with zero attached hydrogens (tertiary/aromatic N) is 4. The van der Waals surface area contributed by atoms with Gasteiger partial charge in [0.1, 0.15) is 17.1 Å². The minimum absolute atomic E-state index is 0.281. The molecule has 0 saturated carbocycles. The summed E-state index contributed by atoms with van der Waals surface area (Å²) in [6.07, 6.45) is 3.60. The minimum atomic E-state index is -0.744. The van der Waals surface area contributed by atoms with Crippen molar-refractivity contribution in [2.75, 3.05) is 19.6 Å². The van der Waals surface area contributed by atoms with Gasteiger partial charge in [0.15, 0.2) is 11.8 Å². The summed E-state index contributed by atoms with van der Waals surface area (Å²) in [4.78, 5) is 21.2. The molecular formula is C20H23FN6O2. The molecule has 0 unspecified atom stereocenters. The van der Waals surface area contributed by atoms with Crippen molar-refractivity contribution in [3.05, 3.63) is 48.2 Å². The van der Waals surface area contributed by atoms with Crippen LogP contribution < -0.4 is 15.4 Å². The highest BCUT2D eigenvalue weighted by atomic mass is 19.1. The molecule has 29 heavy (non-hydrogen) atoms. The Morgan fingerprint density at radius 2 is 2.28 bits per heavy atom. The third-order valence-electron chi connectivity index (χ3n) is 4.94. The average molecular weight is 398 g/mol. The summed E-state index contributed by atoms with van der Waals surface area (Å²) in [6.45, 7) is 4.31. The molecule has 2 atom stereocenters. The van der Waals surface area contributed by atoms with Crippen LogP contribution in [0.5, 0.6) is 5.75 Å². The molecule has 0 aliphatic carbocycles. The number of hydrogen-bond donors (Lipinski definition) is 2. The molecule has 3 aromatic rings. The summed E-state index contributed by atoms with van der Waals surface area (Å²) in [5.74, 6) is -0.0485. The molecule has 1 aliphatic rings. The van der Waals surface area contributed by atoms with Gasteiger partial charge in [-0.15, -0.1) is 0 Å². The van der Waals surface area contributed by atoms with E-state index in [1.165, 1.54) is 18.2 Å². The smallest absolute Gasteiger partial charge is 0.260 e.